The van der Waals surface area contributed by atoms with E-state index in [1.165, 1.54) is 29.2 Å². The number of sulfonamides is 1. The van der Waals surface area contributed by atoms with Gasteiger partial charge in [0.1, 0.15) is 23.0 Å². The molecule has 206 valence electrons. The van der Waals surface area contributed by atoms with E-state index < -0.39 is 10.0 Å². The van der Waals surface area contributed by atoms with Gasteiger partial charge in [0.15, 0.2) is 0 Å². The first-order valence-corrected chi connectivity index (χ1v) is 14.2. The molecule has 1 atom stereocenters. The van der Waals surface area contributed by atoms with Crippen molar-refractivity contribution in [2.24, 2.45) is 0 Å². The van der Waals surface area contributed by atoms with Crippen LogP contribution in [0.25, 0.3) is 0 Å². The summed E-state index contributed by atoms with van der Waals surface area (Å²) in [4.78, 5) is 29.0. The van der Waals surface area contributed by atoms with E-state index in [1.807, 2.05) is 18.2 Å². The van der Waals surface area contributed by atoms with Crippen molar-refractivity contribution < 1.29 is 31.9 Å². The van der Waals surface area contributed by atoms with Gasteiger partial charge in [0.2, 0.25) is 5.09 Å². The van der Waals surface area contributed by atoms with Crippen molar-refractivity contribution in [2.75, 3.05) is 33.4 Å². The number of nitrogens with one attached hydrogen (secondary N) is 2. The molecular weight excluding hydrogens is 524 g/mol. The van der Waals surface area contributed by atoms with Crippen LogP contribution in [0, 0.1) is 6.92 Å². The van der Waals surface area contributed by atoms with E-state index in [2.05, 4.69) is 15.6 Å². The molecule has 2 amide bonds. The molecule has 12 heteroatoms. The molecule has 2 aliphatic rings. The number of furan rings is 1. The highest BCUT2D eigenvalue weighted by molar-refractivity contribution is 7.89. The topological polar surface area (TPSA) is 140 Å². The Morgan fingerprint density at radius 3 is 2.59 bits per heavy atom. The number of morpholine rings is 1. The summed E-state index contributed by atoms with van der Waals surface area (Å²) in [7, 11) is -2.31. The van der Waals surface area contributed by atoms with E-state index in [4.69, 9.17) is 13.9 Å². The Bertz CT molecular complexity index is 1500. The smallest absolute Gasteiger partial charge is 0.276 e. The summed E-state index contributed by atoms with van der Waals surface area (Å²) in [6.07, 6.45) is 3.62. The number of hydrogen-bond acceptors (Lipinski definition) is 8. The summed E-state index contributed by atoms with van der Waals surface area (Å²) >= 11 is 0. The Balaban J connectivity index is 1.26. The van der Waals surface area contributed by atoms with Crippen LogP contribution in [-0.4, -0.2) is 68.9 Å². The number of rotatable bonds is 7. The lowest BCUT2D eigenvalue weighted by atomic mass is 9.88. The van der Waals surface area contributed by atoms with Crippen LogP contribution in [0.15, 0.2) is 52.1 Å². The Kier molecular flexibility index (Phi) is 7.69. The molecular formula is C27H30N4O7S. The minimum absolute atomic E-state index is 0.144. The summed E-state index contributed by atoms with van der Waals surface area (Å²) in [6.45, 7) is 2.71. The van der Waals surface area contributed by atoms with Gasteiger partial charge in [0.25, 0.3) is 21.8 Å². The number of benzene rings is 1. The van der Waals surface area contributed by atoms with Crippen molar-refractivity contribution >= 4 is 21.8 Å². The molecule has 5 rings (SSSR count). The predicted molar refractivity (Wildman–Crippen MR) is 140 cm³/mol. The van der Waals surface area contributed by atoms with Crippen LogP contribution in [0.1, 0.15) is 44.2 Å². The molecule has 0 spiro atoms. The second-order valence-electron chi connectivity index (χ2n) is 9.45. The fraction of sp³-hybridized carbons (Fsp3) is 0.370. The number of ether oxygens (including phenoxy) is 2. The third kappa shape index (κ3) is 5.82. The molecule has 0 radical (unpaired) electrons. The average molecular weight is 555 g/mol. The van der Waals surface area contributed by atoms with Crippen LogP contribution in [-0.2, 0) is 27.6 Å². The van der Waals surface area contributed by atoms with Gasteiger partial charge in [-0.25, -0.2) is 8.42 Å². The van der Waals surface area contributed by atoms with E-state index in [9.17, 15) is 18.0 Å². The number of amides is 2. The van der Waals surface area contributed by atoms with Gasteiger partial charge in [-0.05, 0) is 55.5 Å². The second-order valence-corrected chi connectivity index (χ2v) is 11.3. The fourth-order valence-corrected chi connectivity index (χ4v) is 6.15. The molecule has 1 unspecified atom stereocenters. The molecule has 3 heterocycles. The van der Waals surface area contributed by atoms with Crippen LogP contribution < -0.4 is 15.4 Å². The lowest BCUT2D eigenvalue weighted by Crippen LogP contribution is -2.40. The first-order valence-electron chi connectivity index (χ1n) is 12.7. The van der Waals surface area contributed by atoms with Crippen LogP contribution in [0.4, 0.5) is 0 Å². The Morgan fingerprint density at radius 2 is 1.82 bits per heavy atom. The summed E-state index contributed by atoms with van der Waals surface area (Å²) in [5.74, 6) is 0.669. The van der Waals surface area contributed by atoms with Gasteiger partial charge >= 0.3 is 0 Å². The predicted octanol–water partition coefficient (Wildman–Crippen LogP) is 2.44. The van der Waals surface area contributed by atoms with Crippen molar-refractivity contribution in [3.63, 3.8) is 0 Å². The fourth-order valence-electron chi connectivity index (χ4n) is 4.77. The summed E-state index contributed by atoms with van der Waals surface area (Å²) in [6, 6.07) is 10.2. The number of aromatic nitrogens is 1. The lowest BCUT2D eigenvalue weighted by molar-refractivity contribution is 0.0724. The third-order valence-corrected chi connectivity index (χ3v) is 8.63. The first-order chi connectivity index (χ1) is 18.7. The van der Waals surface area contributed by atoms with Gasteiger partial charge in [0.05, 0.1) is 18.8 Å². The van der Waals surface area contributed by atoms with Crippen molar-refractivity contribution in [2.45, 2.75) is 37.3 Å². The zero-order valence-electron chi connectivity index (χ0n) is 21.7. The van der Waals surface area contributed by atoms with Gasteiger partial charge in [-0.15, -0.1) is 0 Å². The summed E-state index contributed by atoms with van der Waals surface area (Å²) in [5.41, 5.74) is 2.68. The van der Waals surface area contributed by atoms with Crippen LogP contribution in [0.2, 0.25) is 0 Å². The maximum Gasteiger partial charge on any atom is 0.276 e. The molecule has 2 N–H and O–H groups in total. The SMILES string of the molecule is CNC(=O)c1cc(Oc2ccc3c(c2)CC(NC(=O)c2cc(S(=O)(=O)N4CCOCC4)oc2C)CC3)ccn1. The maximum atomic E-state index is 13.1. The van der Waals surface area contributed by atoms with Crippen LogP contribution in [0.5, 0.6) is 11.5 Å². The molecule has 39 heavy (non-hydrogen) atoms. The number of fused-ring (bicyclic) bond motifs is 1. The molecule has 3 aromatic rings. The molecule has 0 saturated carbocycles. The van der Waals surface area contributed by atoms with Gasteiger partial charge in [-0.2, -0.15) is 4.31 Å². The van der Waals surface area contributed by atoms with Gasteiger partial charge in [-0.3, -0.25) is 14.6 Å². The zero-order chi connectivity index (χ0) is 27.6. The monoisotopic (exact) mass is 554 g/mol. The number of hydrogen-bond donors (Lipinski definition) is 2. The Morgan fingerprint density at radius 1 is 1.05 bits per heavy atom. The largest absolute Gasteiger partial charge is 0.457 e. The Hall–Kier alpha value is -3.74. The maximum absolute atomic E-state index is 13.1. The van der Waals surface area contributed by atoms with Crippen LogP contribution in [0.3, 0.4) is 0 Å². The highest BCUT2D eigenvalue weighted by Gasteiger charge is 2.32. The number of carbonyl (C=O) groups is 2. The highest BCUT2D eigenvalue weighted by atomic mass is 32.2. The van der Waals surface area contributed by atoms with Crippen molar-refractivity contribution in [1.29, 1.82) is 0 Å². The molecule has 1 aromatic carbocycles. The minimum atomic E-state index is -3.84. The molecule has 1 aliphatic heterocycles. The number of aryl methyl sites for hydroxylation is 2. The lowest BCUT2D eigenvalue weighted by Gasteiger charge is -2.26. The summed E-state index contributed by atoms with van der Waals surface area (Å²) in [5, 5.41) is 5.34. The van der Waals surface area contributed by atoms with Crippen molar-refractivity contribution in [3.8, 4) is 11.5 Å². The Labute approximate surface area is 226 Å². The molecule has 2 aromatic heterocycles. The van der Waals surface area contributed by atoms with E-state index in [0.717, 1.165) is 18.4 Å². The molecule has 1 saturated heterocycles. The van der Waals surface area contributed by atoms with Gasteiger partial charge in [-0.1, -0.05) is 6.07 Å². The van der Waals surface area contributed by atoms with E-state index >= 15 is 0 Å². The van der Waals surface area contributed by atoms with Crippen LogP contribution >= 0.6 is 0 Å². The molecule has 1 aliphatic carbocycles. The molecule has 0 bridgehead atoms. The zero-order valence-corrected chi connectivity index (χ0v) is 22.5. The van der Waals surface area contributed by atoms with E-state index in [1.54, 1.807) is 19.1 Å². The van der Waals surface area contributed by atoms with E-state index in [0.29, 0.717) is 31.1 Å². The second kappa shape index (κ2) is 11.2. The third-order valence-electron chi connectivity index (χ3n) is 6.87. The average Bonchev–Trinajstić information content (AvgIpc) is 3.35. The van der Waals surface area contributed by atoms with Gasteiger partial charge in [0, 0.05) is 44.5 Å². The minimum Gasteiger partial charge on any atom is -0.457 e. The number of nitrogens with zero attached hydrogens (tertiary/aromatic N) is 2. The van der Waals surface area contributed by atoms with E-state index in [-0.39, 0.29) is 53.1 Å². The first kappa shape index (κ1) is 26.9. The molecule has 1 fully saturated rings. The number of pyridine rings is 1. The van der Waals surface area contributed by atoms with Crippen molar-refractivity contribution in [3.05, 3.63) is 70.7 Å². The highest BCUT2D eigenvalue weighted by Crippen LogP contribution is 2.29. The summed E-state index contributed by atoms with van der Waals surface area (Å²) < 4.78 is 43.9. The number of carbonyl (C=O) groups excluding carboxylic acids is 2. The quantitative estimate of drug-likeness (QED) is 0.454. The van der Waals surface area contributed by atoms with Crippen molar-refractivity contribution in [1.82, 2.24) is 19.9 Å². The standard InChI is InChI=1S/C27H30N4O7S/c1-17-23(16-25(37-17)39(34,35)31-9-11-36-12-10-31)26(32)30-20-5-3-18-4-6-21(14-19(18)13-20)38-22-7-8-29-24(15-22)27(33)28-2/h4,6-8,14-16,20H,3,5,9-13H2,1-2H3,(H,28,33)(H,30,32). The van der Waals surface area contributed by atoms with Gasteiger partial charge < -0.3 is 24.5 Å². The normalized spacial score (nSPS) is 17.7. The molecule has 11 nitrogen and oxygen atoms in total.